The van der Waals surface area contributed by atoms with Crippen LogP contribution in [0.1, 0.15) is 10.6 Å². The summed E-state index contributed by atoms with van der Waals surface area (Å²) in [6.45, 7) is 0. The molecule has 0 aliphatic carbocycles. The van der Waals surface area contributed by atoms with Crippen LogP contribution in [-0.2, 0) is 4.74 Å². The Morgan fingerprint density at radius 2 is 2.19 bits per heavy atom. The maximum atomic E-state index is 12.9. The third-order valence-electron chi connectivity index (χ3n) is 1.98. The Hall–Kier alpha value is -1.75. The molecule has 0 bridgehead atoms. The predicted molar refractivity (Wildman–Crippen MR) is 55.8 cm³/mol. The summed E-state index contributed by atoms with van der Waals surface area (Å²) in [5.74, 6) is -1.27. The molecule has 0 aliphatic heterocycles. The highest BCUT2D eigenvalue weighted by atomic mass is 35.5. The molecule has 0 N–H and O–H groups in total. The zero-order valence-electron chi connectivity index (χ0n) is 8.20. The van der Waals surface area contributed by atoms with E-state index in [0.29, 0.717) is 10.9 Å². The van der Waals surface area contributed by atoms with E-state index in [4.69, 9.17) is 11.6 Å². The zero-order chi connectivity index (χ0) is 11.7. The molecule has 2 rings (SSSR count). The number of aromatic nitrogens is 2. The summed E-state index contributed by atoms with van der Waals surface area (Å²) in [5.41, 5.74) is 0.391. The third-order valence-corrected chi connectivity index (χ3v) is 2.27. The van der Waals surface area contributed by atoms with E-state index in [2.05, 4.69) is 14.7 Å². The molecule has 0 atom stereocenters. The zero-order valence-corrected chi connectivity index (χ0v) is 8.95. The van der Waals surface area contributed by atoms with E-state index in [1.165, 1.54) is 25.3 Å². The molecular formula is C10H6ClFN2O2. The van der Waals surface area contributed by atoms with E-state index in [0.717, 1.165) is 0 Å². The summed E-state index contributed by atoms with van der Waals surface area (Å²) in [5, 5.41) is 0.374. The number of benzene rings is 1. The smallest absolute Gasteiger partial charge is 0.376 e. The van der Waals surface area contributed by atoms with Crippen LogP contribution in [0.5, 0.6) is 0 Å². The molecule has 0 saturated heterocycles. The van der Waals surface area contributed by atoms with Gasteiger partial charge < -0.3 is 4.74 Å². The molecule has 0 amide bonds. The van der Waals surface area contributed by atoms with Crippen LogP contribution in [0.2, 0.25) is 5.15 Å². The lowest BCUT2D eigenvalue weighted by Crippen LogP contribution is -2.07. The topological polar surface area (TPSA) is 52.1 Å². The number of rotatable bonds is 1. The fraction of sp³-hybridized carbons (Fsp3) is 0.100. The summed E-state index contributed by atoms with van der Waals surface area (Å²) in [6, 6.07) is 3.86. The van der Waals surface area contributed by atoms with Gasteiger partial charge in [-0.25, -0.2) is 19.2 Å². The first-order valence-electron chi connectivity index (χ1n) is 4.33. The first-order chi connectivity index (χ1) is 7.61. The maximum absolute atomic E-state index is 12.9. The fourth-order valence-electron chi connectivity index (χ4n) is 1.25. The van der Waals surface area contributed by atoms with Crippen LogP contribution in [0.25, 0.3) is 10.9 Å². The van der Waals surface area contributed by atoms with Crippen molar-refractivity contribution in [3.63, 3.8) is 0 Å². The van der Waals surface area contributed by atoms with Crippen molar-refractivity contribution in [3.05, 3.63) is 35.0 Å². The highest BCUT2D eigenvalue weighted by molar-refractivity contribution is 6.34. The van der Waals surface area contributed by atoms with Gasteiger partial charge in [0.05, 0.1) is 12.6 Å². The number of hydrogen-bond acceptors (Lipinski definition) is 4. The Kier molecular flexibility index (Phi) is 2.70. The van der Waals surface area contributed by atoms with Gasteiger partial charge in [-0.2, -0.15) is 0 Å². The van der Waals surface area contributed by atoms with Crippen LogP contribution in [0, 0.1) is 5.82 Å². The van der Waals surface area contributed by atoms with Gasteiger partial charge in [0.1, 0.15) is 11.0 Å². The highest BCUT2D eigenvalue weighted by Gasteiger charge is 2.13. The van der Waals surface area contributed by atoms with Gasteiger partial charge in [0.25, 0.3) is 0 Å². The Labute approximate surface area is 95.0 Å². The lowest BCUT2D eigenvalue weighted by atomic mass is 10.2. The van der Waals surface area contributed by atoms with Crippen molar-refractivity contribution in [2.24, 2.45) is 0 Å². The summed E-state index contributed by atoms with van der Waals surface area (Å²) >= 11 is 5.81. The quantitative estimate of drug-likeness (QED) is 0.566. The minimum Gasteiger partial charge on any atom is -0.463 e. The molecular weight excluding hydrogens is 235 g/mol. The third kappa shape index (κ3) is 1.81. The molecule has 1 aromatic heterocycles. The number of esters is 1. The van der Waals surface area contributed by atoms with E-state index in [1.54, 1.807) is 0 Å². The maximum Gasteiger partial charge on any atom is 0.376 e. The molecule has 0 unspecified atom stereocenters. The number of carbonyl (C=O) groups is 1. The summed E-state index contributed by atoms with van der Waals surface area (Å²) in [6.07, 6.45) is 0. The van der Waals surface area contributed by atoms with Crippen molar-refractivity contribution in [1.29, 1.82) is 0 Å². The Morgan fingerprint density at radius 3 is 2.88 bits per heavy atom. The number of fused-ring (bicyclic) bond motifs is 1. The van der Waals surface area contributed by atoms with E-state index in [9.17, 15) is 9.18 Å². The predicted octanol–water partition coefficient (Wildman–Crippen LogP) is 2.21. The number of carbonyl (C=O) groups excluding carboxylic acids is 1. The van der Waals surface area contributed by atoms with Crippen LogP contribution in [0.3, 0.4) is 0 Å². The number of halogens is 2. The van der Waals surface area contributed by atoms with Crippen LogP contribution in [0.15, 0.2) is 18.2 Å². The second-order valence-electron chi connectivity index (χ2n) is 2.99. The second kappa shape index (κ2) is 4.02. The van der Waals surface area contributed by atoms with E-state index in [-0.39, 0.29) is 11.0 Å². The fourth-order valence-corrected chi connectivity index (χ4v) is 1.48. The number of methoxy groups -OCH3 is 1. The molecule has 6 heteroatoms. The molecule has 0 saturated carbocycles. The van der Waals surface area contributed by atoms with Crippen LogP contribution < -0.4 is 0 Å². The molecule has 82 valence electrons. The second-order valence-corrected chi connectivity index (χ2v) is 3.35. The van der Waals surface area contributed by atoms with Crippen molar-refractivity contribution in [1.82, 2.24) is 9.97 Å². The van der Waals surface area contributed by atoms with Crippen LogP contribution in [0.4, 0.5) is 4.39 Å². The van der Waals surface area contributed by atoms with Gasteiger partial charge in [-0.15, -0.1) is 0 Å². The van der Waals surface area contributed by atoms with Crippen LogP contribution >= 0.6 is 11.6 Å². The molecule has 0 spiro atoms. The largest absolute Gasteiger partial charge is 0.463 e. The van der Waals surface area contributed by atoms with Crippen molar-refractivity contribution in [2.75, 3.05) is 7.11 Å². The van der Waals surface area contributed by atoms with E-state index >= 15 is 0 Å². The Bertz CT molecular complexity index is 574. The van der Waals surface area contributed by atoms with Gasteiger partial charge >= 0.3 is 5.97 Å². The number of nitrogens with zero attached hydrogens (tertiary/aromatic N) is 2. The van der Waals surface area contributed by atoms with Crippen molar-refractivity contribution in [2.45, 2.75) is 0 Å². The van der Waals surface area contributed by atoms with E-state index < -0.39 is 11.8 Å². The Morgan fingerprint density at radius 1 is 1.44 bits per heavy atom. The average molecular weight is 241 g/mol. The molecule has 4 nitrogen and oxygen atoms in total. The minimum atomic E-state index is -0.687. The SMILES string of the molecule is COC(=O)c1nc(Cl)c2cc(F)ccc2n1. The molecule has 0 aliphatic rings. The average Bonchev–Trinajstić information content (AvgIpc) is 2.28. The molecule has 0 radical (unpaired) electrons. The van der Waals surface area contributed by atoms with Crippen LogP contribution in [-0.4, -0.2) is 23.0 Å². The first kappa shape index (κ1) is 10.8. The summed E-state index contributed by atoms with van der Waals surface area (Å²) in [7, 11) is 1.22. The lowest BCUT2D eigenvalue weighted by Gasteiger charge is -2.02. The number of hydrogen-bond donors (Lipinski definition) is 0. The monoisotopic (exact) mass is 240 g/mol. The highest BCUT2D eigenvalue weighted by Crippen LogP contribution is 2.21. The van der Waals surface area contributed by atoms with E-state index in [1.807, 2.05) is 0 Å². The first-order valence-corrected chi connectivity index (χ1v) is 4.70. The molecule has 0 fully saturated rings. The van der Waals surface area contributed by atoms with Crippen molar-refractivity contribution >= 4 is 28.5 Å². The standard InChI is InChI=1S/C10H6ClFN2O2/c1-16-10(15)9-13-7-3-2-5(12)4-6(7)8(11)14-9/h2-4H,1H3. The number of ether oxygens (including phenoxy) is 1. The lowest BCUT2D eigenvalue weighted by molar-refractivity contribution is 0.0587. The van der Waals surface area contributed by atoms with Gasteiger partial charge in [-0.05, 0) is 18.2 Å². The molecule has 2 aromatic rings. The van der Waals surface area contributed by atoms with Gasteiger partial charge in [0, 0.05) is 5.39 Å². The molecule has 1 heterocycles. The van der Waals surface area contributed by atoms with Gasteiger partial charge in [-0.1, -0.05) is 11.6 Å². The molecule has 1 aromatic carbocycles. The summed E-state index contributed by atoms with van der Waals surface area (Å²) in [4.78, 5) is 18.8. The molecule has 16 heavy (non-hydrogen) atoms. The normalized spacial score (nSPS) is 10.4. The Balaban J connectivity index is 2.68. The van der Waals surface area contributed by atoms with Crippen molar-refractivity contribution in [3.8, 4) is 0 Å². The minimum absolute atomic E-state index is 0.0184. The van der Waals surface area contributed by atoms with Gasteiger partial charge in [0.2, 0.25) is 5.82 Å². The van der Waals surface area contributed by atoms with Gasteiger partial charge in [0.15, 0.2) is 0 Å². The summed E-state index contributed by atoms with van der Waals surface area (Å²) < 4.78 is 17.4. The van der Waals surface area contributed by atoms with Gasteiger partial charge in [-0.3, -0.25) is 0 Å². The van der Waals surface area contributed by atoms with Crippen molar-refractivity contribution < 1.29 is 13.9 Å².